The second-order valence-corrected chi connectivity index (χ2v) is 6.63. The summed E-state index contributed by atoms with van der Waals surface area (Å²) in [5.41, 5.74) is 1.46. The molecular formula is C18H21F3N4O. The Hall–Kier alpha value is -2.38. The second-order valence-electron chi connectivity index (χ2n) is 6.63. The highest BCUT2D eigenvalue weighted by Gasteiger charge is 2.32. The molecular weight excluding hydrogens is 345 g/mol. The zero-order chi connectivity index (χ0) is 18.7. The van der Waals surface area contributed by atoms with Gasteiger partial charge in [0.05, 0.1) is 23.0 Å². The molecule has 2 atom stereocenters. The van der Waals surface area contributed by atoms with Crippen molar-refractivity contribution in [3.63, 3.8) is 0 Å². The molecule has 5 nitrogen and oxygen atoms in total. The Morgan fingerprint density at radius 1 is 1.35 bits per heavy atom. The summed E-state index contributed by atoms with van der Waals surface area (Å²) in [4.78, 5) is 12.7. The van der Waals surface area contributed by atoms with Crippen molar-refractivity contribution in [2.45, 2.75) is 51.2 Å². The fourth-order valence-electron chi connectivity index (χ4n) is 3.34. The van der Waals surface area contributed by atoms with Crippen LogP contribution in [-0.2, 0) is 23.8 Å². The van der Waals surface area contributed by atoms with Crippen LogP contribution in [0.2, 0.25) is 0 Å². The molecule has 8 heteroatoms. The maximum atomic E-state index is 13.0. The van der Waals surface area contributed by atoms with Gasteiger partial charge in [-0.05, 0) is 37.0 Å². The average Bonchev–Trinajstić information content (AvgIpc) is 3.08. The molecule has 26 heavy (non-hydrogen) atoms. The number of nitrogens with one attached hydrogen (secondary N) is 2. The maximum Gasteiger partial charge on any atom is 0.416 e. The molecule has 0 fully saturated rings. The minimum Gasteiger partial charge on any atom is -0.349 e. The summed E-state index contributed by atoms with van der Waals surface area (Å²) in [6.45, 7) is 1.94. The number of H-pyrrole nitrogens is 1. The molecule has 0 saturated heterocycles. The number of hydrogen-bond donors (Lipinski definition) is 2. The zero-order valence-electron chi connectivity index (χ0n) is 14.4. The van der Waals surface area contributed by atoms with Crippen LogP contribution in [-0.4, -0.2) is 21.3 Å². The number of aromatic amines is 1. The predicted molar refractivity (Wildman–Crippen MR) is 89.1 cm³/mol. The van der Waals surface area contributed by atoms with E-state index in [2.05, 4.69) is 20.7 Å². The van der Waals surface area contributed by atoms with E-state index in [0.717, 1.165) is 29.9 Å². The molecule has 3 rings (SSSR count). The van der Waals surface area contributed by atoms with E-state index >= 15 is 0 Å². The van der Waals surface area contributed by atoms with Gasteiger partial charge in [0.15, 0.2) is 0 Å². The Bertz CT molecular complexity index is 772. The molecule has 1 aromatic carbocycles. The molecule has 2 aromatic rings. The maximum absolute atomic E-state index is 13.0. The third-order valence-corrected chi connectivity index (χ3v) is 4.75. The number of hydrogen-bond acceptors (Lipinski definition) is 3. The minimum absolute atomic E-state index is 0.144. The van der Waals surface area contributed by atoms with Gasteiger partial charge in [-0.1, -0.05) is 25.5 Å². The van der Waals surface area contributed by atoms with Crippen LogP contribution in [0.15, 0.2) is 24.3 Å². The molecule has 0 aliphatic heterocycles. The van der Waals surface area contributed by atoms with Gasteiger partial charge in [-0.2, -0.15) is 28.6 Å². The molecule has 140 valence electrons. The van der Waals surface area contributed by atoms with E-state index in [1.54, 1.807) is 6.07 Å². The summed E-state index contributed by atoms with van der Waals surface area (Å²) >= 11 is 0. The van der Waals surface area contributed by atoms with E-state index in [9.17, 15) is 18.0 Å². The SMILES string of the molecule is CCCC(NC(=O)C1CCc2n[nH]nc2C1)c1cccc(C(F)(F)F)c1. The first-order valence-electron chi connectivity index (χ1n) is 8.74. The molecule has 1 aliphatic rings. The number of rotatable bonds is 5. The van der Waals surface area contributed by atoms with Gasteiger partial charge in [0, 0.05) is 12.3 Å². The molecule has 1 heterocycles. The molecule has 0 saturated carbocycles. The van der Waals surface area contributed by atoms with E-state index in [1.165, 1.54) is 6.07 Å². The summed E-state index contributed by atoms with van der Waals surface area (Å²) in [5, 5.41) is 13.6. The molecule has 2 N–H and O–H groups in total. The van der Waals surface area contributed by atoms with Crippen LogP contribution in [0.3, 0.4) is 0 Å². The van der Waals surface area contributed by atoms with Crippen molar-refractivity contribution in [2.24, 2.45) is 5.92 Å². The van der Waals surface area contributed by atoms with Crippen molar-refractivity contribution < 1.29 is 18.0 Å². The van der Waals surface area contributed by atoms with Gasteiger partial charge < -0.3 is 5.32 Å². The Labute approximate surface area is 149 Å². The summed E-state index contributed by atoms with van der Waals surface area (Å²) in [7, 11) is 0. The average molecular weight is 366 g/mol. The number of aromatic nitrogens is 3. The first-order chi connectivity index (χ1) is 12.4. The first kappa shape index (κ1) is 18.4. The lowest BCUT2D eigenvalue weighted by atomic mass is 9.88. The topological polar surface area (TPSA) is 70.7 Å². The van der Waals surface area contributed by atoms with E-state index in [-0.39, 0.29) is 11.8 Å². The number of alkyl halides is 3. The predicted octanol–water partition coefficient (Wildman–Crippen LogP) is 3.59. The number of amides is 1. The largest absolute Gasteiger partial charge is 0.416 e. The van der Waals surface area contributed by atoms with Crippen LogP contribution in [0, 0.1) is 5.92 Å². The van der Waals surface area contributed by atoms with Crippen LogP contribution in [0.4, 0.5) is 13.2 Å². The van der Waals surface area contributed by atoms with Crippen molar-refractivity contribution in [3.05, 3.63) is 46.8 Å². The van der Waals surface area contributed by atoms with Crippen LogP contribution in [0.1, 0.15) is 54.7 Å². The van der Waals surface area contributed by atoms with Crippen molar-refractivity contribution in [3.8, 4) is 0 Å². The standard InChI is InChI=1S/C18H21F3N4O/c1-2-4-14(11-5-3-6-13(9-11)18(19,20)21)22-17(26)12-7-8-15-16(10-12)24-25-23-15/h3,5-6,9,12,14H,2,4,7-8,10H2,1H3,(H,22,26)(H,23,24,25). The minimum atomic E-state index is -4.40. The quantitative estimate of drug-likeness (QED) is 0.850. The number of aryl methyl sites for hydroxylation is 1. The van der Waals surface area contributed by atoms with E-state index < -0.39 is 17.8 Å². The lowest BCUT2D eigenvalue weighted by Crippen LogP contribution is -2.36. The second kappa shape index (κ2) is 7.47. The number of nitrogens with zero attached hydrogens (tertiary/aromatic N) is 2. The first-order valence-corrected chi connectivity index (χ1v) is 8.74. The zero-order valence-corrected chi connectivity index (χ0v) is 14.4. The molecule has 1 amide bonds. The third kappa shape index (κ3) is 4.05. The van der Waals surface area contributed by atoms with E-state index in [4.69, 9.17) is 0 Å². The van der Waals surface area contributed by atoms with Gasteiger partial charge in [-0.15, -0.1) is 0 Å². The molecule has 0 bridgehead atoms. The lowest BCUT2D eigenvalue weighted by Gasteiger charge is -2.25. The summed E-state index contributed by atoms with van der Waals surface area (Å²) < 4.78 is 38.9. The van der Waals surface area contributed by atoms with Crippen molar-refractivity contribution >= 4 is 5.91 Å². The van der Waals surface area contributed by atoms with Gasteiger partial charge in [-0.3, -0.25) is 4.79 Å². The highest BCUT2D eigenvalue weighted by Crippen LogP contribution is 2.32. The number of fused-ring (bicyclic) bond motifs is 1. The number of benzene rings is 1. The van der Waals surface area contributed by atoms with Crippen LogP contribution in [0.25, 0.3) is 0 Å². The van der Waals surface area contributed by atoms with Crippen LogP contribution >= 0.6 is 0 Å². The molecule has 2 unspecified atom stereocenters. The van der Waals surface area contributed by atoms with Crippen molar-refractivity contribution in [2.75, 3.05) is 0 Å². The Kier molecular flexibility index (Phi) is 5.29. The van der Waals surface area contributed by atoms with Gasteiger partial charge >= 0.3 is 6.18 Å². The number of halogens is 3. The lowest BCUT2D eigenvalue weighted by molar-refractivity contribution is -0.137. The van der Waals surface area contributed by atoms with Crippen LogP contribution < -0.4 is 5.32 Å². The fraction of sp³-hybridized carbons (Fsp3) is 0.500. The highest BCUT2D eigenvalue weighted by atomic mass is 19.4. The van der Waals surface area contributed by atoms with Crippen molar-refractivity contribution in [1.29, 1.82) is 0 Å². The monoisotopic (exact) mass is 366 g/mol. The van der Waals surface area contributed by atoms with E-state index in [1.807, 2.05) is 6.92 Å². The highest BCUT2D eigenvalue weighted by molar-refractivity contribution is 5.79. The number of carbonyl (C=O) groups excluding carboxylic acids is 1. The Morgan fingerprint density at radius 3 is 2.85 bits per heavy atom. The number of carbonyl (C=O) groups is 1. The Balaban J connectivity index is 1.74. The van der Waals surface area contributed by atoms with Gasteiger partial charge in [-0.25, -0.2) is 0 Å². The van der Waals surface area contributed by atoms with Gasteiger partial charge in [0.2, 0.25) is 5.91 Å². The molecule has 1 aliphatic carbocycles. The van der Waals surface area contributed by atoms with Gasteiger partial charge in [0.1, 0.15) is 0 Å². The fourth-order valence-corrected chi connectivity index (χ4v) is 3.34. The van der Waals surface area contributed by atoms with Crippen molar-refractivity contribution in [1.82, 2.24) is 20.7 Å². The molecule has 0 radical (unpaired) electrons. The molecule has 0 spiro atoms. The molecule has 1 aromatic heterocycles. The van der Waals surface area contributed by atoms with Crippen LogP contribution in [0.5, 0.6) is 0 Å². The summed E-state index contributed by atoms with van der Waals surface area (Å²) in [6.07, 6.45) is -1.24. The summed E-state index contributed by atoms with van der Waals surface area (Å²) in [5.74, 6) is -0.382. The normalized spacial score (nSPS) is 18.2. The smallest absolute Gasteiger partial charge is 0.349 e. The van der Waals surface area contributed by atoms with E-state index in [0.29, 0.717) is 31.2 Å². The van der Waals surface area contributed by atoms with Gasteiger partial charge in [0.25, 0.3) is 0 Å². The Morgan fingerprint density at radius 2 is 2.12 bits per heavy atom. The summed E-state index contributed by atoms with van der Waals surface area (Å²) in [6, 6.07) is 4.74. The third-order valence-electron chi connectivity index (χ3n) is 4.75.